The van der Waals surface area contributed by atoms with Crippen molar-refractivity contribution in [2.45, 2.75) is 78.6 Å². The number of rotatable bonds is 4. The van der Waals surface area contributed by atoms with Crippen LogP contribution >= 0.6 is 0 Å². The number of hydrogen-bond acceptors (Lipinski definition) is 1. The summed E-state index contributed by atoms with van der Waals surface area (Å²) in [4.78, 5) is 5.85. The van der Waals surface area contributed by atoms with Crippen LogP contribution in [0.3, 0.4) is 0 Å². The Hall–Kier alpha value is -9.97. The van der Waals surface area contributed by atoms with Crippen LogP contribution in [0, 0.1) is 0 Å². The highest BCUT2D eigenvalue weighted by Gasteiger charge is 2.32. The van der Waals surface area contributed by atoms with Gasteiger partial charge in [-0.25, -0.2) is 4.98 Å². The van der Waals surface area contributed by atoms with Crippen LogP contribution in [0.15, 0.2) is 219 Å². The van der Waals surface area contributed by atoms with Gasteiger partial charge in [-0.15, -0.1) is 0 Å². The third kappa shape index (κ3) is 6.63. The smallest absolute Gasteiger partial charge is 0.146 e. The summed E-state index contributed by atoms with van der Waals surface area (Å²) in [6, 6.07) is 80.3. The molecule has 18 aromatic rings. The highest BCUT2D eigenvalue weighted by atomic mass is 15.0. The van der Waals surface area contributed by atoms with E-state index >= 15 is 0 Å². The first-order chi connectivity index (χ1) is 41.6. The Bertz CT molecular complexity index is 5920. The van der Waals surface area contributed by atoms with E-state index in [9.17, 15) is 0 Å². The Balaban J connectivity index is 0.990. The van der Waals surface area contributed by atoms with E-state index in [4.69, 9.17) is 4.98 Å². The zero-order valence-electron chi connectivity index (χ0n) is 50.0. The molecule has 0 fully saturated rings. The fourth-order valence-corrected chi connectivity index (χ4v) is 15.2. The number of benzene rings is 11. The minimum Gasteiger partial charge on any atom is -0.309 e. The molecule has 0 unspecified atom stereocenters. The topological polar surface area (TPSA) is 31.6 Å². The number of hydrogen-bond donors (Lipinski definition) is 0. The Morgan fingerprint density at radius 2 is 0.721 bits per heavy atom. The molecule has 0 N–H and O–H groups in total. The fourth-order valence-electron chi connectivity index (χ4n) is 15.2. The van der Waals surface area contributed by atoms with E-state index in [1.165, 1.54) is 158 Å². The summed E-state index contributed by atoms with van der Waals surface area (Å²) >= 11 is 0. The van der Waals surface area contributed by atoms with Crippen LogP contribution in [0.25, 0.3) is 164 Å². The van der Waals surface area contributed by atoms with Crippen molar-refractivity contribution in [1.29, 1.82) is 0 Å². The average molecular weight is 1110 g/mol. The summed E-state index contributed by atoms with van der Waals surface area (Å²) in [6.45, 7) is 21.2. The van der Waals surface area contributed by atoms with Crippen LogP contribution in [0.4, 0.5) is 0 Å². The van der Waals surface area contributed by atoms with E-state index in [0.717, 1.165) is 22.5 Å². The number of pyridine rings is 1. The second-order valence-electron chi connectivity index (χ2n) is 27.6. The third-order valence-corrected chi connectivity index (χ3v) is 19.4. The van der Waals surface area contributed by atoms with Gasteiger partial charge in [-0.2, -0.15) is 0 Å². The van der Waals surface area contributed by atoms with Crippen LogP contribution in [-0.2, 0) is 16.2 Å². The maximum absolute atomic E-state index is 5.85. The van der Waals surface area contributed by atoms with Gasteiger partial charge < -0.3 is 13.5 Å². The Morgan fingerprint density at radius 1 is 0.291 bits per heavy atom. The van der Waals surface area contributed by atoms with E-state index < -0.39 is 0 Å². The highest BCUT2D eigenvalue weighted by molar-refractivity contribution is 6.39. The van der Waals surface area contributed by atoms with Crippen molar-refractivity contribution >= 4 is 131 Å². The zero-order valence-corrected chi connectivity index (χ0v) is 50.0. The molecule has 0 radical (unpaired) electrons. The molecule has 0 aliphatic rings. The van der Waals surface area contributed by atoms with Crippen LogP contribution in [0.5, 0.6) is 0 Å². The van der Waals surface area contributed by atoms with E-state index in [1.54, 1.807) is 0 Å². The Kier molecular flexibility index (Phi) is 9.71. The largest absolute Gasteiger partial charge is 0.309 e. The van der Waals surface area contributed by atoms with Crippen LogP contribution in [0.2, 0.25) is 0 Å². The summed E-state index contributed by atoms with van der Waals surface area (Å²) < 4.78 is 10.0. The van der Waals surface area contributed by atoms with Gasteiger partial charge >= 0.3 is 0 Å². The standard InChI is InChI=1S/C81H63N5/c1-79(2,3)49-39-57(47-32-34-68-59(36-47)55-28-18-20-30-66(55)83(68)52-23-12-10-13-24-52)74-61(41-49)62-42-51(81(7,8)9)44-65-72-70(85(74)76(62)65)45-82-78-73(72)63-38-46-22-16-17-27-54(46)71-64-43-50(80(4,5)6)40-58(75(64)86(78)77(63)71)48-33-35-69-60(37-48)56-29-19-21-31-67(56)84(69)53-25-14-11-15-26-53/h10-45H,1-9H3. The molecule has 0 aliphatic heterocycles. The molecule has 7 aromatic heterocycles. The van der Waals surface area contributed by atoms with Crippen molar-refractivity contribution in [2.75, 3.05) is 0 Å². The minimum atomic E-state index is -0.133. The zero-order chi connectivity index (χ0) is 58.0. The van der Waals surface area contributed by atoms with E-state index in [-0.39, 0.29) is 16.2 Å². The number of fused-ring (bicyclic) bond motifs is 21. The number of nitrogens with zero attached hydrogens (tertiary/aromatic N) is 5. The molecule has 18 rings (SSSR count). The lowest BCUT2D eigenvalue weighted by Gasteiger charge is -2.22. The van der Waals surface area contributed by atoms with Crippen molar-refractivity contribution in [3.05, 3.63) is 235 Å². The maximum Gasteiger partial charge on any atom is 0.146 e. The van der Waals surface area contributed by atoms with Crippen molar-refractivity contribution in [3.8, 4) is 33.6 Å². The monoisotopic (exact) mass is 1110 g/mol. The predicted molar refractivity (Wildman–Crippen MR) is 367 cm³/mol. The lowest BCUT2D eigenvalue weighted by Crippen LogP contribution is -2.11. The maximum atomic E-state index is 5.85. The molecule has 0 amide bonds. The molecule has 0 spiro atoms. The highest BCUT2D eigenvalue weighted by Crippen LogP contribution is 2.53. The van der Waals surface area contributed by atoms with Crippen LogP contribution in [-0.4, -0.2) is 22.9 Å². The summed E-state index contributed by atoms with van der Waals surface area (Å²) in [5.41, 5.74) is 22.5. The number of para-hydroxylation sites is 4. The molecule has 86 heavy (non-hydrogen) atoms. The Morgan fingerprint density at radius 3 is 1.27 bits per heavy atom. The van der Waals surface area contributed by atoms with Gasteiger partial charge in [0.25, 0.3) is 0 Å². The molecule has 5 nitrogen and oxygen atoms in total. The minimum absolute atomic E-state index is 0.114. The first-order valence-corrected chi connectivity index (χ1v) is 30.5. The molecule has 0 saturated heterocycles. The summed E-state index contributed by atoms with van der Waals surface area (Å²) in [6.07, 6.45) is 2.22. The molecule has 5 heteroatoms. The second kappa shape index (κ2) is 16.9. The van der Waals surface area contributed by atoms with Crippen molar-refractivity contribution < 1.29 is 0 Å². The van der Waals surface area contributed by atoms with Crippen LogP contribution in [0.1, 0.15) is 79.0 Å². The molecule has 0 saturated carbocycles. The van der Waals surface area contributed by atoms with Gasteiger partial charge in [-0.3, -0.25) is 4.40 Å². The molecular weight excluding hydrogens is 1040 g/mol. The van der Waals surface area contributed by atoms with Gasteiger partial charge in [0.15, 0.2) is 0 Å². The second-order valence-corrected chi connectivity index (χ2v) is 27.6. The third-order valence-electron chi connectivity index (χ3n) is 19.4. The van der Waals surface area contributed by atoms with Crippen molar-refractivity contribution in [3.63, 3.8) is 0 Å². The summed E-state index contributed by atoms with van der Waals surface area (Å²) in [5.74, 6) is 0. The lowest BCUT2D eigenvalue weighted by atomic mass is 9.83. The molecule has 0 aliphatic carbocycles. The molecular formula is C81H63N5. The lowest BCUT2D eigenvalue weighted by molar-refractivity contribution is 0.591. The molecule has 0 atom stereocenters. The molecule has 11 aromatic carbocycles. The van der Waals surface area contributed by atoms with Crippen molar-refractivity contribution in [1.82, 2.24) is 22.9 Å². The predicted octanol–water partition coefficient (Wildman–Crippen LogP) is 22.0. The van der Waals surface area contributed by atoms with E-state index in [2.05, 4.69) is 299 Å². The van der Waals surface area contributed by atoms with Gasteiger partial charge in [-0.05, 0) is 158 Å². The van der Waals surface area contributed by atoms with Gasteiger partial charge in [0.1, 0.15) is 5.65 Å². The van der Waals surface area contributed by atoms with Crippen LogP contribution < -0.4 is 0 Å². The fraction of sp³-hybridized carbons (Fsp3) is 0.148. The van der Waals surface area contributed by atoms with Gasteiger partial charge in [0, 0.05) is 87.1 Å². The number of aromatic nitrogens is 5. The first-order valence-electron chi connectivity index (χ1n) is 30.5. The molecule has 0 bridgehead atoms. The van der Waals surface area contributed by atoms with E-state index in [0.29, 0.717) is 0 Å². The van der Waals surface area contributed by atoms with E-state index in [1.807, 2.05) is 0 Å². The van der Waals surface area contributed by atoms with Gasteiger partial charge in [0.2, 0.25) is 0 Å². The quantitative estimate of drug-likeness (QED) is 0.173. The first kappa shape index (κ1) is 49.5. The average Bonchev–Trinajstić information content (AvgIpc) is 1.51. The Labute approximate surface area is 498 Å². The van der Waals surface area contributed by atoms with Crippen molar-refractivity contribution in [2.24, 2.45) is 0 Å². The molecule has 412 valence electrons. The van der Waals surface area contributed by atoms with Gasteiger partial charge in [-0.1, -0.05) is 172 Å². The molecule has 7 heterocycles. The normalized spacial score (nSPS) is 13.2. The summed E-state index contributed by atoms with van der Waals surface area (Å²) in [7, 11) is 0. The summed E-state index contributed by atoms with van der Waals surface area (Å²) in [5, 5.41) is 17.5. The SMILES string of the molecule is CC(C)(C)c1cc(-c2ccc3c(c2)c2ccccc2n3-c2ccccc2)c2c(c1)c1cc(C(C)(C)C)cc3c4c5c6cc7ccccc7c7c8cc(C(C)(C)C)cc(-c9ccc%10c(c9)c9ccccc9n%10-c9ccccc9)c8n(c5ncc4n2c13)c67. The van der Waals surface area contributed by atoms with Gasteiger partial charge in [0.05, 0.1) is 55.8 Å².